The number of halogens is 2. The Morgan fingerprint density at radius 2 is 1.79 bits per heavy atom. The number of nitrogens with zero attached hydrogens (tertiary/aromatic N) is 1. The van der Waals surface area contributed by atoms with Crippen molar-refractivity contribution < 1.29 is 27.9 Å². The summed E-state index contributed by atoms with van der Waals surface area (Å²) >= 11 is 6.13. The molecule has 1 aliphatic heterocycles. The Morgan fingerprint density at radius 1 is 0.974 bits per heavy atom. The van der Waals surface area contributed by atoms with Crippen LogP contribution in [-0.4, -0.2) is 28.8 Å². The fraction of sp³-hybridized carbons (Fsp3) is 0.138. The van der Waals surface area contributed by atoms with E-state index in [4.69, 9.17) is 20.8 Å². The summed E-state index contributed by atoms with van der Waals surface area (Å²) < 4.78 is 25.1. The van der Waals surface area contributed by atoms with E-state index in [9.17, 15) is 18.8 Å². The zero-order chi connectivity index (χ0) is 27.4. The maximum atomic E-state index is 14.1. The molecule has 2 atom stereocenters. The van der Waals surface area contributed by atoms with Crippen molar-refractivity contribution in [2.45, 2.75) is 25.2 Å². The van der Waals surface area contributed by atoms with Crippen molar-refractivity contribution in [2.24, 2.45) is 0 Å². The predicted octanol–water partition coefficient (Wildman–Crippen LogP) is 5.70. The van der Waals surface area contributed by atoms with Gasteiger partial charge < -0.3 is 19.8 Å². The highest BCUT2D eigenvalue weighted by Gasteiger charge is 2.47. The molecule has 10 heteroatoms. The van der Waals surface area contributed by atoms with Gasteiger partial charge in [-0.15, -0.1) is 0 Å². The number of nitrogens with one attached hydrogen (secondary N) is 2. The molecule has 0 saturated carbocycles. The van der Waals surface area contributed by atoms with Gasteiger partial charge in [0.05, 0.1) is 24.9 Å². The molecule has 4 aromatic rings. The lowest BCUT2D eigenvalue weighted by Gasteiger charge is -2.24. The topological polar surface area (TPSA) is 101 Å². The van der Waals surface area contributed by atoms with Crippen molar-refractivity contribution >= 4 is 35.2 Å². The van der Waals surface area contributed by atoms with Crippen molar-refractivity contribution in [1.82, 2.24) is 10.2 Å². The second-order valence-corrected chi connectivity index (χ2v) is 9.30. The molecule has 0 bridgehead atoms. The number of ether oxygens (including phenoxy) is 1. The van der Waals surface area contributed by atoms with Crippen LogP contribution in [0.2, 0.25) is 5.02 Å². The van der Waals surface area contributed by atoms with Crippen LogP contribution in [0.1, 0.15) is 33.3 Å². The van der Waals surface area contributed by atoms with Gasteiger partial charge >= 0.3 is 6.09 Å². The van der Waals surface area contributed by atoms with Gasteiger partial charge in [0.15, 0.2) is 12.1 Å². The molecule has 5 rings (SSSR count). The Kier molecular flexibility index (Phi) is 7.60. The maximum Gasteiger partial charge on any atom is 0.411 e. The molecule has 1 aliphatic rings. The number of rotatable bonds is 8. The number of hydrogen-bond acceptors (Lipinski definition) is 5. The van der Waals surface area contributed by atoms with E-state index < -0.39 is 35.9 Å². The van der Waals surface area contributed by atoms with Crippen LogP contribution in [0.15, 0.2) is 95.6 Å². The summed E-state index contributed by atoms with van der Waals surface area (Å²) in [5, 5.41) is 5.96. The van der Waals surface area contributed by atoms with E-state index in [2.05, 4.69) is 10.6 Å². The molecule has 1 saturated heterocycles. The highest BCUT2D eigenvalue weighted by Crippen LogP contribution is 2.35. The number of furan rings is 1. The Labute approximate surface area is 228 Å². The summed E-state index contributed by atoms with van der Waals surface area (Å²) in [5.41, 5.74) is 1.43. The number of carbonyl (C=O) groups is 3. The van der Waals surface area contributed by atoms with Crippen LogP contribution in [0.25, 0.3) is 0 Å². The van der Waals surface area contributed by atoms with Crippen LogP contribution < -0.4 is 10.6 Å². The molecule has 1 aromatic heterocycles. The van der Waals surface area contributed by atoms with Gasteiger partial charge in [0.1, 0.15) is 11.6 Å². The van der Waals surface area contributed by atoms with Crippen molar-refractivity contribution in [2.75, 3.05) is 5.32 Å². The molecule has 0 unspecified atom stereocenters. The number of amides is 3. The van der Waals surface area contributed by atoms with Gasteiger partial charge in [-0.25, -0.2) is 9.18 Å². The molecule has 198 valence electrons. The van der Waals surface area contributed by atoms with Gasteiger partial charge in [-0.3, -0.25) is 14.5 Å². The first-order chi connectivity index (χ1) is 18.9. The first kappa shape index (κ1) is 26.0. The minimum atomic E-state index is -1.04. The summed E-state index contributed by atoms with van der Waals surface area (Å²) in [7, 11) is 0. The molecule has 1 fully saturated rings. The Balaban J connectivity index is 1.41. The molecule has 2 heterocycles. The van der Waals surface area contributed by atoms with Crippen LogP contribution in [0.5, 0.6) is 0 Å². The predicted molar refractivity (Wildman–Crippen MR) is 141 cm³/mol. The van der Waals surface area contributed by atoms with Crippen molar-refractivity contribution in [3.63, 3.8) is 0 Å². The molecule has 8 nitrogen and oxygen atoms in total. The van der Waals surface area contributed by atoms with E-state index in [0.717, 1.165) is 5.56 Å². The van der Waals surface area contributed by atoms with Crippen LogP contribution in [0.3, 0.4) is 0 Å². The lowest BCUT2D eigenvalue weighted by molar-refractivity contribution is -0.126. The minimum absolute atomic E-state index is 0.0818. The molecular formula is C29H23ClFN3O5. The maximum absolute atomic E-state index is 14.1. The lowest BCUT2D eigenvalue weighted by atomic mass is 10.00. The van der Waals surface area contributed by atoms with Gasteiger partial charge in [0.2, 0.25) is 5.91 Å². The van der Waals surface area contributed by atoms with Gasteiger partial charge in [-0.1, -0.05) is 48.0 Å². The second-order valence-electron chi connectivity index (χ2n) is 8.86. The molecule has 0 aliphatic carbocycles. The first-order valence-electron chi connectivity index (χ1n) is 12.1. The van der Waals surface area contributed by atoms with Gasteiger partial charge in [-0.2, -0.15) is 0 Å². The summed E-state index contributed by atoms with van der Waals surface area (Å²) in [6.07, 6.45) is -0.170. The Bertz CT molecular complexity index is 1510. The number of carbonyl (C=O) groups excluding carboxylic acids is 3. The van der Waals surface area contributed by atoms with Crippen LogP contribution in [0.4, 0.5) is 14.9 Å². The number of benzene rings is 3. The van der Waals surface area contributed by atoms with E-state index >= 15 is 0 Å². The van der Waals surface area contributed by atoms with E-state index in [-0.39, 0.29) is 18.7 Å². The number of hydrogen-bond donors (Lipinski definition) is 2. The quantitative estimate of drug-likeness (QED) is 0.294. The molecular weight excluding hydrogens is 525 g/mol. The first-order valence-corrected chi connectivity index (χ1v) is 12.4. The Morgan fingerprint density at radius 3 is 2.56 bits per heavy atom. The third-order valence-corrected chi connectivity index (χ3v) is 6.44. The zero-order valence-electron chi connectivity index (χ0n) is 20.5. The molecule has 39 heavy (non-hydrogen) atoms. The van der Waals surface area contributed by atoms with Crippen LogP contribution in [-0.2, 0) is 22.6 Å². The van der Waals surface area contributed by atoms with E-state index in [0.29, 0.717) is 22.0 Å². The molecule has 0 spiro atoms. The second kappa shape index (κ2) is 11.4. The smallest absolute Gasteiger partial charge is 0.411 e. The van der Waals surface area contributed by atoms with Crippen LogP contribution >= 0.6 is 11.6 Å². The third kappa shape index (κ3) is 5.94. The monoisotopic (exact) mass is 547 g/mol. The number of anilines is 1. The fourth-order valence-corrected chi connectivity index (χ4v) is 4.58. The van der Waals surface area contributed by atoms with Crippen molar-refractivity contribution in [3.8, 4) is 0 Å². The third-order valence-electron chi connectivity index (χ3n) is 6.20. The molecule has 0 radical (unpaired) electrons. The summed E-state index contributed by atoms with van der Waals surface area (Å²) in [6, 6.07) is 21.5. The molecule has 3 amide bonds. The van der Waals surface area contributed by atoms with Gasteiger partial charge in [0.25, 0.3) is 5.91 Å². The van der Waals surface area contributed by atoms with Crippen molar-refractivity contribution in [3.05, 3.63) is 124 Å². The summed E-state index contributed by atoms with van der Waals surface area (Å²) in [6.45, 7) is 0.200. The van der Waals surface area contributed by atoms with Gasteiger partial charge in [0, 0.05) is 10.7 Å². The highest BCUT2D eigenvalue weighted by atomic mass is 35.5. The normalized spacial score (nSPS) is 16.6. The highest BCUT2D eigenvalue weighted by molar-refractivity contribution is 6.30. The lowest BCUT2D eigenvalue weighted by Crippen LogP contribution is -2.46. The van der Waals surface area contributed by atoms with E-state index in [1.54, 1.807) is 66.7 Å². The van der Waals surface area contributed by atoms with Crippen molar-refractivity contribution in [1.29, 1.82) is 0 Å². The largest absolute Gasteiger partial charge is 0.467 e. The SMILES string of the molecule is O=C(Nc1cccc([C@@H]2OC(=O)N(Cc3cccc(Cl)c3)[C@@H]2C(=O)NCc2ccco2)c1)c1ccccc1F. The summed E-state index contributed by atoms with van der Waals surface area (Å²) in [5.74, 6) is -1.20. The van der Waals surface area contributed by atoms with E-state index in [1.807, 2.05) is 0 Å². The van der Waals surface area contributed by atoms with E-state index in [1.165, 1.54) is 29.4 Å². The zero-order valence-corrected chi connectivity index (χ0v) is 21.2. The van der Waals surface area contributed by atoms with Crippen LogP contribution in [0, 0.1) is 5.82 Å². The molecule has 3 aromatic carbocycles. The standard InChI is InChI=1S/C29H23ClFN3O5/c30-20-8-3-6-18(14-20)17-34-25(28(36)32-16-22-10-5-13-38-22)26(39-29(34)37)19-7-4-9-21(15-19)33-27(35)23-11-1-2-12-24(23)31/h1-15,25-26H,16-17H2,(H,32,36)(H,33,35)/t25-,26-/m0/s1. The summed E-state index contributed by atoms with van der Waals surface area (Å²) in [4.78, 5) is 40.5. The molecule has 2 N–H and O–H groups in total. The van der Waals surface area contributed by atoms with Gasteiger partial charge in [-0.05, 0) is 59.7 Å². The average molecular weight is 548 g/mol. The average Bonchev–Trinajstić information content (AvgIpc) is 3.56. The number of cyclic esters (lactones) is 1. The Hall–Kier alpha value is -4.63. The minimum Gasteiger partial charge on any atom is -0.467 e. The fourth-order valence-electron chi connectivity index (χ4n) is 4.37.